The van der Waals surface area contributed by atoms with Crippen molar-refractivity contribution in [3.8, 4) is 0 Å². The first kappa shape index (κ1) is 13.2. The number of anilines is 1. The molecule has 2 aromatic carbocycles. The summed E-state index contributed by atoms with van der Waals surface area (Å²) in [6.45, 7) is 0.855. The first-order valence-electron chi connectivity index (χ1n) is 7.44. The lowest BCUT2D eigenvalue weighted by Gasteiger charge is -2.13. The van der Waals surface area contributed by atoms with Crippen LogP contribution in [0.15, 0.2) is 54.6 Å². The number of rotatable bonds is 6. The van der Waals surface area contributed by atoms with Gasteiger partial charge in [-0.3, -0.25) is 0 Å². The predicted molar refractivity (Wildman–Crippen MR) is 84.5 cm³/mol. The van der Waals surface area contributed by atoms with Gasteiger partial charge in [0.05, 0.1) is 0 Å². The van der Waals surface area contributed by atoms with Gasteiger partial charge in [-0.05, 0) is 35.6 Å². The fraction of sp³-hybridized carbons (Fsp3) is 0.333. The normalized spacial score (nSPS) is 15.8. The minimum Gasteiger partial charge on any atom is -0.381 e. The Bertz CT molecular complexity index is 529. The second-order valence-electron chi connectivity index (χ2n) is 5.75. The van der Waals surface area contributed by atoms with Gasteiger partial charge in [0.1, 0.15) is 0 Å². The lowest BCUT2D eigenvalue weighted by atomic mass is 10.0. The van der Waals surface area contributed by atoms with Crippen molar-refractivity contribution in [1.29, 1.82) is 0 Å². The summed E-state index contributed by atoms with van der Waals surface area (Å²) >= 11 is 0. The van der Waals surface area contributed by atoms with Crippen LogP contribution < -0.4 is 11.1 Å². The maximum absolute atomic E-state index is 6.23. The average Bonchev–Trinajstić information content (AvgIpc) is 3.31. The van der Waals surface area contributed by atoms with Crippen molar-refractivity contribution in [3.63, 3.8) is 0 Å². The van der Waals surface area contributed by atoms with Gasteiger partial charge in [-0.15, -0.1) is 0 Å². The summed E-state index contributed by atoms with van der Waals surface area (Å²) < 4.78 is 0. The molecule has 3 N–H and O–H groups in total. The van der Waals surface area contributed by atoms with Crippen molar-refractivity contribution in [2.75, 3.05) is 5.32 Å². The molecule has 3 rings (SSSR count). The van der Waals surface area contributed by atoms with Gasteiger partial charge in [0.15, 0.2) is 0 Å². The highest BCUT2D eigenvalue weighted by Crippen LogP contribution is 2.36. The molecule has 0 aromatic heterocycles. The third-order valence-electron chi connectivity index (χ3n) is 3.96. The standard InChI is InChI=1S/C18H22N2/c19-18(12-14-6-7-14)16-8-10-17(11-9-16)20-13-15-4-2-1-3-5-15/h1-5,8-11,14,18,20H,6-7,12-13,19H2/t18-/m0/s1. The van der Waals surface area contributed by atoms with E-state index in [0.29, 0.717) is 0 Å². The number of nitrogens with two attached hydrogens (primary N) is 1. The van der Waals surface area contributed by atoms with Gasteiger partial charge in [-0.1, -0.05) is 55.3 Å². The van der Waals surface area contributed by atoms with Crippen molar-refractivity contribution in [1.82, 2.24) is 0 Å². The van der Waals surface area contributed by atoms with Gasteiger partial charge >= 0.3 is 0 Å². The average molecular weight is 266 g/mol. The van der Waals surface area contributed by atoms with Gasteiger partial charge in [0, 0.05) is 18.3 Å². The Hall–Kier alpha value is -1.80. The quantitative estimate of drug-likeness (QED) is 0.826. The van der Waals surface area contributed by atoms with Gasteiger partial charge in [-0.2, -0.15) is 0 Å². The molecule has 1 aliphatic carbocycles. The molecule has 1 saturated carbocycles. The van der Waals surface area contributed by atoms with E-state index < -0.39 is 0 Å². The van der Waals surface area contributed by atoms with E-state index in [4.69, 9.17) is 5.73 Å². The first-order valence-corrected chi connectivity index (χ1v) is 7.44. The topological polar surface area (TPSA) is 38.0 Å². The van der Waals surface area contributed by atoms with E-state index in [1.807, 2.05) is 6.07 Å². The van der Waals surface area contributed by atoms with Crippen LogP contribution >= 0.6 is 0 Å². The van der Waals surface area contributed by atoms with Crippen molar-refractivity contribution in [2.24, 2.45) is 11.7 Å². The summed E-state index contributed by atoms with van der Waals surface area (Å²) in [5.41, 5.74) is 9.93. The summed E-state index contributed by atoms with van der Waals surface area (Å²) in [5.74, 6) is 0.876. The molecular formula is C18H22N2. The van der Waals surface area contributed by atoms with Crippen LogP contribution in [0.4, 0.5) is 5.69 Å². The van der Waals surface area contributed by atoms with Crippen LogP contribution in [0.2, 0.25) is 0 Å². The zero-order valence-electron chi connectivity index (χ0n) is 11.8. The minimum atomic E-state index is 0.200. The highest BCUT2D eigenvalue weighted by molar-refractivity contribution is 5.45. The SMILES string of the molecule is N[C@@H](CC1CC1)c1ccc(NCc2ccccc2)cc1. The molecule has 0 radical (unpaired) electrons. The molecule has 1 atom stereocenters. The molecule has 20 heavy (non-hydrogen) atoms. The van der Waals surface area contributed by atoms with Crippen LogP contribution in [0.25, 0.3) is 0 Å². The first-order chi connectivity index (χ1) is 9.81. The van der Waals surface area contributed by atoms with E-state index in [-0.39, 0.29) is 6.04 Å². The third kappa shape index (κ3) is 3.61. The van der Waals surface area contributed by atoms with Crippen molar-refractivity contribution in [2.45, 2.75) is 31.8 Å². The van der Waals surface area contributed by atoms with Gasteiger partial charge in [-0.25, -0.2) is 0 Å². The van der Waals surface area contributed by atoms with E-state index in [0.717, 1.165) is 24.6 Å². The van der Waals surface area contributed by atoms with Gasteiger partial charge < -0.3 is 11.1 Å². The zero-order chi connectivity index (χ0) is 13.8. The predicted octanol–water partition coefficient (Wildman–Crippen LogP) is 4.10. The molecule has 0 saturated heterocycles. The number of hydrogen-bond acceptors (Lipinski definition) is 2. The summed E-state index contributed by atoms with van der Waals surface area (Å²) in [5, 5.41) is 3.44. The van der Waals surface area contributed by atoms with E-state index in [9.17, 15) is 0 Å². The fourth-order valence-corrected chi connectivity index (χ4v) is 2.50. The molecule has 2 aromatic rings. The van der Waals surface area contributed by atoms with Crippen LogP contribution in [0.5, 0.6) is 0 Å². The van der Waals surface area contributed by atoms with E-state index in [1.54, 1.807) is 0 Å². The Labute approximate surface area is 121 Å². The molecule has 104 valence electrons. The second kappa shape index (κ2) is 6.10. The molecule has 2 heteroatoms. The maximum Gasteiger partial charge on any atom is 0.0400 e. The van der Waals surface area contributed by atoms with E-state index >= 15 is 0 Å². The van der Waals surface area contributed by atoms with Crippen LogP contribution in [-0.4, -0.2) is 0 Å². The Morgan fingerprint density at radius 2 is 1.70 bits per heavy atom. The summed E-state index contributed by atoms with van der Waals surface area (Å²) in [6, 6.07) is 19.2. The Kier molecular flexibility index (Phi) is 4.03. The Morgan fingerprint density at radius 3 is 2.35 bits per heavy atom. The molecule has 0 spiro atoms. The maximum atomic E-state index is 6.23. The summed E-state index contributed by atoms with van der Waals surface area (Å²) in [6.07, 6.45) is 3.87. The molecule has 0 heterocycles. The number of nitrogens with one attached hydrogen (secondary N) is 1. The molecule has 0 aliphatic heterocycles. The fourth-order valence-electron chi connectivity index (χ4n) is 2.50. The number of hydrogen-bond donors (Lipinski definition) is 2. The molecule has 1 fully saturated rings. The largest absolute Gasteiger partial charge is 0.381 e. The molecule has 1 aliphatic rings. The Balaban J connectivity index is 1.55. The van der Waals surface area contributed by atoms with E-state index in [2.05, 4.69) is 53.8 Å². The van der Waals surface area contributed by atoms with Crippen LogP contribution in [0, 0.1) is 5.92 Å². The summed E-state index contributed by atoms with van der Waals surface area (Å²) in [4.78, 5) is 0. The van der Waals surface area contributed by atoms with Crippen LogP contribution in [-0.2, 0) is 6.54 Å². The van der Waals surface area contributed by atoms with Crippen LogP contribution in [0.3, 0.4) is 0 Å². The lowest BCUT2D eigenvalue weighted by Crippen LogP contribution is -2.11. The molecular weight excluding hydrogens is 244 g/mol. The zero-order valence-corrected chi connectivity index (χ0v) is 11.8. The molecule has 0 unspecified atom stereocenters. The van der Waals surface area contributed by atoms with E-state index in [1.165, 1.54) is 24.0 Å². The minimum absolute atomic E-state index is 0.200. The number of benzene rings is 2. The monoisotopic (exact) mass is 266 g/mol. The smallest absolute Gasteiger partial charge is 0.0400 e. The summed E-state index contributed by atoms with van der Waals surface area (Å²) in [7, 11) is 0. The Morgan fingerprint density at radius 1 is 1.00 bits per heavy atom. The third-order valence-corrected chi connectivity index (χ3v) is 3.96. The van der Waals surface area contributed by atoms with Crippen LogP contribution in [0.1, 0.15) is 36.4 Å². The second-order valence-corrected chi connectivity index (χ2v) is 5.75. The molecule has 2 nitrogen and oxygen atoms in total. The highest BCUT2D eigenvalue weighted by Gasteiger charge is 2.24. The molecule has 0 amide bonds. The van der Waals surface area contributed by atoms with Gasteiger partial charge in [0.2, 0.25) is 0 Å². The van der Waals surface area contributed by atoms with Gasteiger partial charge in [0.25, 0.3) is 0 Å². The van der Waals surface area contributed by atoms with Crippen molar-refractivity contribution >= 4 is 5.69 Å². The van der Waals surface area contributed by atoms with Crippen molar-refractivity contribution < 1.29 is 0 Å². The molecule has 0 bridgehead atoms. The van der Waals surface area contributed by atoms with Crippen molar-refractivity contribution in [3.05, 3.63) is 65.7 Å². The lowest BCUT2D eigenvalue weighted by molar-refractivity contribution is 0.597. The highest BCUT2D eigenvalue weighted by atomic mass is 14.9.